The molecule has 2 amide bonds. The number of unbranched alkanes of at least 4 members (excludes halogenated alkanes) is 3. The number of hydrogen-bond acceptors (Lipinski definition) is 4. The monoisotopic (exact) mass is 345 g/mol. The van der Waals surface area contributed by atoms with E-state index in [4.69, 9.17) is 0 Å². The Hall–Kier alpha value is -2.83. The number of hydrazine groups is 1. The van der Waals surface area contributed by atoms with E-state index >= 15 is 0 Å². The molecule has 1 heterocycles. The predicted molar refractivity (Wildman–Crippen MR) is 95.2 cm³/mol. The van der Waals surface area contributed by atoms with E-state index in [0.29, 0.717) is 17.3 Å². The van der Waals surface area contributed by atoms with Crippen molar-refractivity contribution >= 4 is 22.7 Å². The van der Waals surface area contributed by atoms with Crippen LogP contribution in [-0.2, 0) is 11.8 Å². The maximum atomic E-state index is 12.4. The summed E-state index contributed by atoms with van der Waals surface area (Å²) in [6.07, 6.45) is 4.11. The van der Waals surface area contributed by atoms with Crippen LogP contribution in [-0.4, -0.2) is 21.5 Å². The highest BCUT2D eigenvalue weighted by Crippen LogP contribution is 2.25. The van der Waals surface area contributed by atoms with Crippen molar-refractivity contribution in [2.75, 3.05) is 0 Å². The largest absolute Gasteiger partial charge is 0.506 e. The SMILES string of the molecule is CCCCCCC(=O)NNC(=O)c1c(O)c2ccccc2n(C)c1=O. The van der Waals surface area contributed by atoms with Gasteiger partial charge in [0.1, 0.15) is 11.3 Å². The first-order valence-electron chi connectivity index (χ1n) is 8.37. The Balaban J connectivity index is 2.12. The van der Waals surface area contributed by atoms with Crippen LogP contribution in [0.2, 0.25) is 0 Å². The average Bonchev–Trinajstić information content (AvgIpc) is 2.62. The van der Waals surface area contributed by atoms with Crippen molar-refractivity contribution in [3.05, 3.63) is 40.2 Å². The minimum atomic E-state index is -0.842. The van der Waals surface area contributed by atoms with E-state index in [2.05, 4.69) is 17.8 Å². The molecule has 2 rings (SSSR count). The molecule has 134 valence electrons. The number of aromatic hydroxyl groups is 1. The molecule has 0 saturated heterocycles. The minimum absolute atomic E-state index is 0.294. The first-order chi connectivity index (χ1) is 12.0. The molecular formula is C18H23N3O4. The number of hydrogen-bond donors (Lipinski definition) is 3. The van der Waals surface area contributed by atoms with Gasteiger partial charge in [-0.1, -0.05) is 38.3 Å². The molecule has 1 aromatic carbocycles. The number of carbonyl (C=O) groups excluding carboxylic acids is 2. The topological polar surface area (TPSA) is 100 Å². The molecule has 0 bridgehead atoms. The van der Waals surface area contributed by atoms with Gasteiger partial charge in [-0.25, -0.2) is 0 Å². The van der Waals surface area contributed by atoms with E-state index in [1.54, 1.807) is 24.3 Å². The fraction of sp³-hybridized carbons (Fsp3) is 0.389. The fourth-order valence-corrected chi connectivity index (χ4v) is 2.65. The highest BCUT2D eigenvalue weighted by Gasteiger charge is 2.21. The maximum absolute atomic E-state index is 12.4. The molecule has 7 nitrogen and oxygen atoms in total. The molecule has 1 aromatic heterocycles. The summed E-state index contributed by atoms with van der Waals surface area (Å²) >= 11 is 0. The normalized spacial score (nSPS) is 10.6. The summed E-state index contributed by atoms with van der Waals surface area (Å²) in [4.78, 5) is 36.3. The van der Waals surface area contributed by atoms with E-state index in [1.165, 1.54) is 11.6 Å². The lowest BCUT2D eigenvalue weighted by molar-refractivity contribution is -0.122. The van der Waals surface area contributed by atoms with Crippen LogP contribution in [0.15, 0.2) is 29.1 Å². The number of nitrogens with one attached hydrogen (secondary N) is 2. The standard InChI is InChI=1S/C18H23N3O4/c1-3-4-5-6-11-14(22)19-20-17(24)15-16(23)12-9-7-8-10-13(12)21(2)18(15)25/h7-10,23H,3-6,11H2,1-2H3,(H,19,22)(H,20,24). The zero-order valence-corrected chi connectivity index (χ0v) is 14.5. The molecule has 0 radical (unpaired) electrons. The molecule has 0 unspecified atom stereocenters. The highest BCUT2D eigenvalue weighted by molar-refractivity contribution is 6.02. The van der Waals surface area contributed by atoms with Crippen molar-refractivity contribution in [3.63, 3.8) is 0 Å². The number of fused-ring (bicyclic) bond motifs is 1. The number of amides is 2. The summed E-state index contributed by atoms with van der Waals surface area (Å²) in [6, 6.07) is 6.73. The van der Waals surface area contributed by atoms with Crippen molar-refractivity contribution in [2.45, 2.75) is 39.0 Å². The van der Waals surface area contributed by atoms with Crippen molar-refractivity contribution in [1.82, 2.24) is 15.4 Å². The number of pyridine rings is 1. The van der Waals surface area contributed by atoms with E-state index in [0.717, 1.165) is 25.7 Å². The summed E-state index contributed by atoms with van der Waals surface area (Å²) in [5.41, 5.74) is 3.97. The Morgan fingerprint density at radius 2 is 1.84 bits per heavy atom. The second-order valence-electron chi connectivity index (χ2n) is 5.92. The molecule has 0 aliphatic rings. The molecule has 7 heteroatoms. The van der Waals surface area contributed by atoms with Crippen LogP contribution in [0.3, 0.4) is 0 Å². The van der Waals surface area contributed by atoms with E-state index < -0.39 is 22.8 Å². The van der Waals surface area contributed by atoms with Gasteiger partial charge in [0.25, 0.3) is 11.5 Å². The van der Waals surface area contributed by atoms with Crippen molar-refractivity contribution in [2.24, 2.45) is 7.05 Å². The van der Waals surface area contributed by atoms with E-state index in [9.17, 15) is 19.5 Å². The van der Waals surface area contributed by atoms with Crippen molar-refractivity contribution in [1.29, 1.82) is 0 Å². The number of carbonyl (C=O) groups is 2. The summed E-state index contributed by atoms with van der Waals surface area (Å²) in [5.74, 6) is -1.57. The summed E-state index contributed by atoms with van der Waals surface area (Å²) < 4.78 is 1.29. The Morgan fingerprint density at radius 3 is 2.56 bits per heavy atom. The van der Waals surface area contributed by atoms with Gasteiger partial charge in [-0.15, -0.1) is 0 Å². The van der Waals surface area contributed by atoms with Gasteiger partial charge in [-0.2, -0.15) is 0 Å². The number of nitrogens with zero attached hydrogens (tertiary/aromatic N) is 1. The molecule has 0 aliphatic carbocycles. The fourth-order valence-electron chi connectivity index (χ4n) is 2.65. The van der Waals surface area contributed by atoms with Crippen LogP contribution in [0.1, 0.15) is 49.4 Å². The second kappa shape index (κ2) is 8.32. The summed E-state index contributed by atoms with van der Waals surface area (Å²) in [5, 5.41) is 10.7. The van der Waals surface area contributed by atoms with Crippen LogP contribution in [0, 0.1) is 0 Å². The first-order valence-corrected chi connectivity index (χ1v) is 8.37. The van der Waals surface area contributed by atoms with Crippen molar-refractivity contribution < 1.29 is 14.7 Å². The summed E-state index contributed by atoms with van der Waals surface area (Å²) in [7, 11) is 1.52. The lowest BCUT2D eigenvalue weighted by atomic mass is 10.1. The third-order valence-electron chi connectivity index (χ3n) is 4.08. The molecule has 0 aliphatic heterocycles. The van der Waals surface area contributed by atoms with Gasteiger partial charge in [0.15, 0.2) is 0 Å². The molecule has 3 N–H and O–H groups in total. The first kappa shape index (κ1) is 18.5. The van der Waals surface area contributed by atoms with Crippen LogP contribution >= 0.6 is 0 Å². The third kappa shape index (κ3) is 4.17. The van der Waals surface area contributed by atoms with E-state index in [1.807, 2.05) is 0 Å². The molecule has 0 atom stereocenters. The van der Waals surface area contributed by atoms with Gasteiger partial charge in [-0.05, 0) is 18.6 Å². The highest BCUT2D eigenvalue weighted by atomic mass is 16.3. The lowest BCUT2D eigenvalue weighted by Gasteiger charge is -2.12. The van der Waals surface area contributed by atoms with Crippen molar-refractivity contribution in [3.8, 4) is 5.75 Å². The Bertz CT molecular complexity index is 842. The zero-order chi connectivity index (χ0) is 18.4. The van der Waals surface area contributed by atoms with Gasteiger partial charge in [0, 0.05) is 18.9 Å². The predicted octanol–water partition coefficient (Wildman–Crippen LogP) is 1.98. The second-order valence-corrected chi connectivity index (χ2v) is 5.92. The Labute approximate surface area is 145 Å². The molecule has 2 aromatic rings. The number of benzene rings is 1. The molecule has 0 spiro atoms. The van der Waals surface area contributed by atoms with Gasteiger partial charge < -0.3 is 9.67 Å². The quantitative estimate of drug-likeness (QED) is 0.550. The number of aromatic nitrogens is 1. The lowest BCUT2D eigenvalue weighted by Crippen LogP contribution is -2.43. The maximum Gasteiger partial charge on any atom is 0.279 e. The van der Waals surface area contributed by atoms with Gasteiger partial charge in [-0.3, -0.25) is 25.2 Å². The summed E-state index contributed by atoms with van der Waals surface area (Å²) in [6.45, 7) is 2.08. The Kier molecular flexibility index (Phi) is 6.16. The van der Waals surface area contributed by atoms with E-state index in [-0.39, 0.29) is 5.91 Å². The number of rotatable bonds is 6. The number of para-hydroxylation sites is 1. The van der Waals surface area contributed by atoms with Crippen LogP contribution in [0.25, 0.3) is 10.9 Å². The van der Waals surface area contributed by atoms with Gasteiger partial charge in [0.2, 0.25) is 5.91 Å². The molecule has 0 saturated carbocycles. The average molecular weight is 345 g/mol. The minimum Gasteiger partial charge on any atom is -0.506 e. The molecule has 0 fully saturated rings. The number of aryl methyl sites for hydroxylation is 1. The smallest absolute Gasteiger partial charge is 0.279 e. The van der Waals surface area contributed by atoms with Gasteiger partial charge in [0.05, 0.1) is 5.52 Å². The van der Waals surface area contributed by atoms with Crippen LogP contribution in [0.4, 0.5) is 0 Å². The third-order valence-corrected chi connectivity index (χ3v) is 4.08. The molecular weight excluding hydrogens is 322 g/mol. The van der Waals surface area contributed by atoms with Crippen LogP contribution in [0.5, 0.6) is 5.75 Å². The van der Waals surface area contributed by atoms with Crippen LogP contribution < -0.4 is 16.4 Å². The van der Waals surface area contributed by atoms with Gasteiger partial charge >= 0.3 is 0 Å². The molecule has 25 heavy (non-hydrogen) atoms. The zero-order valence-electron chi connectivity index (χ0n) is 14.5. The Morgan fingerprint density at radius 1 is 1.12 bits per heavy atom.